The van der Waals surface area contributed by atoms with Crippen LogP contribution in [0.3, 0.4) is 0 Å². The Morgan fingerprint density at radius 3 is 2.20 bits per heavy atom. The minimum atomic E-state index is -4.53. The Morgan fingerprint density at radius 2 is 1.70 bits per heavy atom. The molecule has 0 spiro atoms. The van der Waals surface area contributed by atoms with Crippen molar-refractivity contribution < 1.29 is 22.4 Å². The number of H-pyrrole nitrogens is 1. The highest BCUT2D eigenvalue weighted by molar-refractivity contribution is 6.04. The van der Waals surface area contributed by atoms with Gasteiger partial charge in [-0.25, -0.2) is 4.39 Å². The van der Waals surface area contributed by atoms with Crippen LogP contribution >= 0.6 is 0 Å². The van der Waals surface area contributed by atoms with Crippen LogP contribution in [0, 0.1) is 5.82 Å². The number of hydrogen-bond donors (Lipinski definition) is 1. The van der Waals surface area contributed by atoms with E-state index in [4.69, 9.17) is 0 Å². The summed E-state index contributed by atoms with van der Waals surface area (Å²) in [4.78, 5) is 15.2. The summed E-state index contributed by atoms with van der Waals surface area (Å²) in [6.07, 6.45) is -4.53. The van der Waals surface area contributed by atoms with Crippen LogP contribution in [0.15, 0.2) is 36.4 Å². The lowest BCUT2D eigenvalue weighted by Crippen LogP contribution is -2.26. The van der Waals surface area contributed by atoms with Crippen LogP contribution in [0.5, 0.6) is 0 Å². The summed E-state index contributed by atoms with van der Waals surface area (Å²) in [5.41, 5.74) is -0.808. The normalized spacial score (nSPS) is 11.4. The van der Waals surface area contributed by atoms with Crippen LogP contribution in [-0.2, 0) is 6.18 Å². The Kier molecular flexibility index (Phi) is 3.52. The predicted octanol–water partition coefficient (Wildman–Crippen LogP) is 3.45. The van der Waals surface area contributed by atoms with Crippen LogP contribution in [0.2, 0.25) is 0 Å². The molecule has 1 amide bonds. The molecule has 0 aliphatic heterocycles. The van der Waals surface area contributed by atoms with E-state index in [0.29, 0.717) is 5.69 Å². The van der Waals surface area contributed by atoms with Gasteiger partial charge < -0.3 is 9.88 Å². The number of aromatic amines is 1. The van der Waals surface area contributed by atoms with Crippen molar-refractivity contribution in [3.63, 3.8) is 0 Å². The SMILES string of the molecule is CN(C(=O)c1ccc(C(F)(F)F)[nH]1)c1ccc(F)cc1. The molecule has 0 atom stereocenters. The molecule has 0 saturated heterocycles. The summed E-state index contributed by atoms with van der Waals surface area (Å²) in [7, 11) is 1.39. The molecule has 2 rings (SSSR count). The summed E-state index contributed by atoms with van der Waals surface area (Å²) < 4.78 is 50.1. The number of nitrogens with one attached hydrogen (secondary N) is 1. The first kappa shape index (κ1) is 14.1. The first-order valence-corrected chi connectivity index (χ1v) is 5.59. The molecule has 0 saturated carbocycles. The van der Waals surface area contributed by atoms with Gasteiger partial charge in [0.05, 0.1) is 0 Å². The quantitative estimate of drug-likeness (QED) is 0.843. The minimum Gasteiger partial charge on any atom is -0.347 e. The standard InChI is InChI=1S/C13H10F4N2O/c1-19(9-4-2-8(14)3-5-9)12(20)10-6-7-11(18-10)13(15,16)17/h2-7,18H,1H3. The van der Waals surface area contributed by atoms with E-state index < -0.39 is 23.6 Å². The van der Waals surface area contributed by atoms with Crippen LogP contribution in [0.25, 0.3) is 0 Å². The molecule has 0 bridgehead atoms. The van der Waals surface area contributed by atoms with Gasteiger partial charge in [0.2, 0.25) is 0 Å². The monoisotopic (exact) mass is 286 g/mol. The van der Waals surface area contributed by atoms with Gasteiger partial charge in [0.25, 0.3) is 5.91 Å². The van der Waals surface area contributed by atoms with Crippen molar-refractivity contribution in [2.24, 2.45) is 0 Å². The van der Waals surface area contributed by atoms with Crippen LogP contribution in [0.1, 0.15) is 16.2 Å². The van der Waals surface area contributed by atoms with Crippen molar-refractivity contribution in [2.45, 2.75) is 6.18 Å². The average molecular weight is 286 g/mol. The third-order valence-electron chi connectivity index (χ3n) is 2.74. The number of alkyl halides is 3. The molecule has 0 fully saturated rings. The molecule has 0 unspecified atom stereocenters. The number of aromatic nitrogens is 1. The van der Waals surface area contributed by atoms with Gasteiger partial charge in [0.15, 0.2) is 0 Å². The van der Waals surface area contributed by atoms with Crippen molar-refractivity contribution in [1.29, 1.82) is 0 Å². The Hall–Kier alpha value is -2.31. The van der Waals surface area contributed by atoms with Gasteiger partial charge in [-0.05, 0) is 36.4 Å². The molecule has 2 aromatic rings. The first-order chi connectivity index (χ1) is 9.29. The zero-order valence-electron chi connectivity index (χ0n) is 10.3. The lowest BCUT2D eigenvalue weighted by molar-refractivity contribution is -0.140. The largest absolute Gasteiger partial charge is 0.431 e. The molecular weight excluding hydrogens is 276 g/mol. The van der Waals surface area contributed by atoms with Gasteiger partial charge >= 0.3 is 6.18 Å². The van der Waals surface area contributed by atoms with Crippen LogP contribution in [0.4, 0.5) is 23.2 Å². The highest BCUT2D eigenvalue weighted by Crippen LogP contribution is 2.28. The van der Waals surface area contributed by atoms with E-state index in [1.807, 2.05) is 4.98 Å². The number of rotatable bonds is 2. The summed E-state index contributed by atoms with van der Waals surface area (Å²) >= 11 is 0. The molecule has 0 aliphatic rings. The molecule has 1 heterocycles. The number of benzene rings is 1. The molecule has 1 aromatic carbocycles. The lowest BCUT2D eigenvalue weighted by Gasteiger charge is -2.16. The van der Waals surface area contributed by atoms with E-state index >= 15 is 0 Å². The van der Waals surface area contributed by atoms with Gasteiger partial charge in [0, 0.05) is 12.7 Å². The lowest BCUT2D eigenvalue weighted by atomic mass is 10.2. The molecule has 106 valence electrons. The fourth-order valence-corrected chi connectivity index (χ4v) is 1.65. The van der Waals surface area contributed by atoms with Crippen molar-refractivity contribution in [1.82, 2.24) is 4.98 Å². The number of amides is 1. The highest BCUT2D eigenvalue weighted by Gasteiger charge is 2.33. The third-order valence-corrected chi connectivity index (χ3v) is 2.74. The summed E-state index contributed by atoms with van der Waals surface area (Å²) in [5.74, 6) is -1.11. The van der Waals surface area contributed by atoms with E-state index in [-0.39, 0.29) is 5.69 Å². The zero-order valence-corrected chi connectivity index (χ0v) is 10.3. The van der Waals surface area contributed by atoms with Gasteiger partial charge in [0.1, 0.15) is 17.2 Å². The maximum Gasteiger partial charge on any atom is 0.431 e. The molecule has 1 aromatic heterocycles. The van der Waals surface area contributed by atoms with E-state index in [1.54, 1.807) is 0 Å². The van der Waals surface area contributed by atoms with E-state index in [1.165, 1.54) is 19.2 Å². The topological polar surface area (TPSA) is 36.1 Å². The third kappa shape index (κ3) is 2.81. The molecule has 20 heavy (non-hydrogen) atoms. The second-order valence-electron chi connectivity index (χ2n) is 4.12. The maximum atomic E-state index is 12.8. The van der Waals surface area contributed by atoms with Gasteiger partial charge in [-0.1, -0.05) is 0 Å². The van der Waals surface area contributed by atoms with Gasteiger partial charge in [-0.15, -0.1) is 0 Å². The smallest absolute Gasteiger partial charge is 0.347 e. The molecule has 1 N–H and O–H groups in total. The van der Waals surface area contributed by atoms with Gasteiger partial charge in [-0.3, -0.25) is 4.79 Å². The average Bonchev–Trinajstić information content (AvgIpc) is 2.87. The second-order valence-corrected chi connectivity index (χ2v) is 4.12. The maximum absolute atomic E-state index is 12.8. The molecule has 0 radical (unpaired) electrons. The Morgan fingerprint density at radius 1 is 1.10 bits per heavy atom. The molecule has 0 aliphatic carbocycles. The Balaban J connectivity index is 2.23. The van der Waals surface area contributed by atoms with E-state index in [0.717, 1.165) is 29.2 Å². The number of halogens is 4. The summed E-state index contributed by atoms with van der Waals surface area (Å²) in [6.45, 7) is 0. The zero-order chi connectivity index (χ0) is 14.9. The van der Waals surface area contributed by atoms with Crippen LogP contribution < -0.4 is 4.90 Å². The number of anilines is 1. The highest BCUT2D eigenvalue weighted by atomic mass is 19.4. The number of carbonyl (C=O) groups is 1. The molecule has 7 heteroatoms. The van der Waals surface area contributed by atoms with Crippen molar-refractivity contribution in [2.75, 3.05) is 11.9 Å². The predicted molar refractivity (Wildman–Crippen MR) is 64.9 cm³/mol. The summed E-state index contributed by atoms with van der Waals surface area (Å²) in [5, 5.41) is 0. The van der Waals surface area contributed by atoms with Crippen molar-refractivity contribution in [3.05, 3.63) is 53.6 Å². The molecule has 3 nitrogen and oxygen atoms in total. The van der Waals surface area contributed by atoms with Gasteiger partial charge in [-0.2, -0.15) is 13.2 Å². The first-order valence-electron chi connectivity index (χ1n) is 5.59. The van der Waals surface area contributed by atoms with Crippen molar-refractivity contribution in [3.8, 4) is 0 Å². The second kappa shape index (κ2) is 4.99. The van der Waals surface area contributed by atoms with E-state index in [9.17, 15) is 22.4 Å². The fraction of sp³-hybridized carbons (Fsp3) is 0.154. The number of carbonyl (C=O) groups excluding carboxylic acids is 1. The minimum absolute atomic E-state index is 0.191. The Bertz CT molecular complexity index is 616. The van der Waals surface area contributed by atoms with E-state index in [2.05, 4.69) is 0 Å². The molecular formula is C13H10F4N2O. The number of hydrogen-bond acceptors (Lipinski definition) is 1. The van der Waals surface area contributed by atoms with Crippen LogP contribution in [-0.4, -0.2) is 17.9 Å². The number of nitrogens with zero attached hydrogens (tertiary/aromatic N) is 1. The Labute approximate surface area is 111 Å². The summed E-state index contributed by atoms with van der Waals surface area (Å²) in [6, 6.07) is 6.91. The fourth-order valence-electron chi connectivity index (χ4n) is 1.65. The van der Waals surface area contributed by atoms with Crippen molar-refractivity contribution >= 4 is 11.6 Å².